The third-order valence-corrected chi connectivity index (χ3v) is 4.26. The van der Waals surface area contributed by atoms with Gasteiger partial charge in [-0.15, -0.1) is 0 Å². The highest BCUT2D eigenvalue weighted by molar-refractivity contribution is 5.77. The molecule has 23 heavy (non-hydrogen) atoms. The summed E-state index contributed by atoms with van der Waals surface area (Å²) < 4.78 is 8.25. The van der Waals surface area contributed by atoms with E-state index >= 15 is 0 Å². The van der Waals surface area contributed by atoms with Crippen molar-refractivity contribution in [1.29, 1.82) is 0 Å². The van der Waals surface area contributed by atoms with Crippen LogP contribution in [0.1, 0.15) is 13.3 Å². The van der Waals surface area contributed by atoms with E-state index in [4.69, 9.17) is 4.74 Å². The molecule has 0 saturated carbocycles. The molecule has 0 radical (unpaired) electrons. The van der Waals surface area contributed by atoms with E-state index in [2.05, 4.69) is 10.1 Å². The molecule has 0 aliphatic carbocycles. The molecule has 0 bridgehead atoms. The molecule has 0 spiro atoms. The van der Waals surface area contributed by atoms with Gasteiger partial charge >= 0.3 is 0 Å². The van der Waals surface area contributed by atoms with Crippen LogP contribution in [0.15, 0.2) is 17.3 Å². The zero-order valence-corrected chi connectivity index (χ0v) is 13.4. The van der Waals surface area contributed by atoms with Gasteiger partial charge in [-0.25, -0.2) is 4.98 Å². The van der Waals surface area contributed by atoms with E-state index in [-0.39, 0.29) is 18.0 Å². The van der Waals surface area contributed by atoms with E-state index in [1.807, 2.05) is 6.92 Å². The number of aryl methyl sites for hydroxylation is 1. The number of carbonyl (C=O) groups excluding carboxylic acids is 1. The van der Waals surface area contributed by atoms with Gasteiger partial charge < -0.3 is 9.64 Å². The van der Waals surface area contributed by atoms with Crippen molar-refractivity contribution in [2.24, 2.45) is 13.0 Å². The smallest absolute Gasteiger partial charge is 0.264 e. The summed E-state index contributed by atoms with van der Waals surface area (Å²) in [7, 11) is 1.73. The molecule has 1 amide bonds. The van der Waals surface area contributed by atoms with Crippen molar-refractivity contribution >= 4 is 16.9 Å². The van der Waals surface area contributed by atoms with Gasteiger partial charge in [-0.1, -0.05) is 0 Å². The number of likely N-dealkylation sites (N-methyl/N-ethyl adjacent to an activating group) is 1. The van der Waals surface area contributed by atoms with E-state index in [0.29, 0.717) is 36.6 Å². The van der Waals surface area contributed by atoms with Crippen LogP contribution in [0.3, 0.4) is 0 Å². The van der Waals surface area contributed by atoms with Crippen molar-refractivity contribution in [3.05, 3.63) is 22.9 Å². The summed E-state index contributed by atoms with van der Waals surface area (Å²) in [4.78, 5) is 30.9. The minimum atomic E-state index is -0.239. The number of hydrogen-bond donors (Lipinski definition) is 0. The molecule has 1 unspecified atom stereocenters. The van der Waals surface area contributed by atoms with Gasteiger partial charge in [0.25, 0.3) is 5.56 Å². The summed E-state index contributed by atoms with van der Waals surface area (Å²) in [5, 5.41) is 4.45. The Hall–Kier alpha value is -2.22. The number of carbonyl (C=O) groups is 1. The molecule has 1 aliphatic heterocycles. The molecule has 0 N–H and O–H groups in total. The Labute approximate surface area is 133 Å². The van der Waals surface area contributed by atoms with Crippen molar-refractivity contribution in [3.63, 3.8) is 0 Å². The van der Waals surface area contributed by atoms with Gasteiger partial charge in [0.15, 0.2) is 5.65 Å². The molecule has 0 aromatic carbocycles. The number of ether oxygens (including phenoxy) is 1. The Morgan fingerprint density at radius 2 is 2.35 bits per heavy atom. The second kappa shape index (κ2) is 6.49. The van der Waals surface area contributed by atoms with Gasteiger partial charge in [0.1, 0.15) is 18.3 Å². The van der Waals surface area contributed by atoms with Crippen LogP contribution in [0.5, 0.6) is 0 Å². The second-order valence-electron chi connectivity index (χ2n) is 5.85. The summed E-state index contributed by atoms with van der Waals surface area (Å²) >= 11 is 0. The predicted octanol–water partition coefficient (Wildman–Crippen LogP) is 0.0150. The fourth-order valence-electron chi connectivity index (χ4n) is 2.87. The molecule has 1 aliphatic rings. The fraction of sp³-hybridized carbons (Fsp3) is 0.600. The van der Waals surface area contributed by atoms with Gasteiger partial charge in [-0.3, -0.25) is 18.8 Å². The summed E-state index contributed by atoms with van der Waals surface area (Å²) in [6.45, 7) is 4.70. The molecular weight excluding hydrogens is 298 g/mol. The Morgan fingerprint density at radius 1 is 1.52 bits per heavy atom. The maximum atomic E-state index is 12.5. The predicted molar refractivity (Wildman–Crippen MR) is 83.9 cm³/mol. The highest BCUT2D eigenvalue weighted by Gasteiger charge is 2.22. The van der Waals surface area contributed by atoms with Gasteiger partial charge in [0, 0.05) is 32.7 Å². The van der Waals surface area contributed by atoms with Crippen LogP contribution < -0.4 is 5.56 Å². The topological polar surface area (TPSA) is 82.2 Å². The molecule has 2 aromatic rings. The summed E-state index contributed by atoms with van der Waals surface area (Å²) in [5.74, 6) is 0.307. The Balaban J connectivity index is 1.75. The maximum absolute atomic E-state index is 12.5. The van der Waals surface area contributed by atoms with E-state index in [9.17, 15) is 9.59 Å². The monoisotopic (exact) mass is 319 g/mol. The highest BCUT2D eigenvalue weighted by Crippen LogP contribution is 2.14. The van der Waals surface area contributed by atoms with Crippen molar-refractivity contribution < 1.29 is 9.53 Å². The summed E-state index contributed by atoms with van der Waals surface area (Å²) in [6.07, 6.45) is 3.88. The molecule has 3 rings (SSSR count). The van der Waals surface area contributed by atoms with Crippen LogP contribution in [0.25, 0.3) is 11.0 Å². The van der Waals surface area contributed by atoms with Crippen molar-refractivity contribution in [2.75, 3.05) is 26.3 Å². The van der Waals surface area contributed by atoms with Crippen LogP contribution in [0.4, 0.5) is 0 Å². The molecule has 8 nitrogen and oxygen atoms in total. The second-order valence-corrected chi connectivity index (χ2v) is 5.85. The number of rotatable bonds is 5. The van der Waals surface area contributed by atoms with E-state index < -0.39 is 0 Å². The highest BCUT2D eigenvalue weighted by atomic mass is 16.5. The zero-order chi connectivity index (χ0) is 16.4. The average molecular weight is 319 g/mol. The molecule has 1 fully saturated rings. The van der Waals surface area contributed by atoms with Crippen LogP contribution in [0.2, 0.25) is 0 Å². The average Bonchev–Trinajstić information content (AvgIpc) is 3.18. The molecular formula is C15H21N5O3. The van der Waals surface area contributed by atoms with Crippen molar-refractivity contribution in [3.8, 4) is 0 Å². The third kappa shape index (κ3) is 3.12. The first-order valence-electron chi connectivity index (χ1n) is 7.82. The van der Waals surface area contributed by atoms with Crippen molar-refractivity contribution in [2.45, 2.75) is 19.9 Å². The lowest BCUT2D eigenvalue weighted by atomic mass is 10.1. The maximum Gasteiger partial charge on any atom is 0.264 e. The normalized spacial score (nSPS) is 17.7. The zero-order valence-electron chi connectivity index (χ0n) is 13.4. The summed E-state index contributed by atoms with van der Waals surface area (Å²) in [6, 6.07) is 0. The lowest BCUT2D eigenvalue weighted by Gasteiger charge is -2.24. The van der Waals surface area contributed by atoms with Crippen LogP contribution in [0, 0.1) is 5.92 Å². The summed E-state index contributed by atoms with van der Waals surface area (Å²) in [5.41, 5.74) is 0.283. The first-order valence-corrected chi connectivity index (χ1v) is 7.82. The first-order chi connectivity index (χ1) is 11.1. The van der Waals surface area contributed by atoms with Crippen LogP contribution in [-0.2, 0) is 23.1 Å². The Morgan fingerprint density at radius 3 is 3.04 bits per heavy atom. The standard InChI is InChI=1S/C15H21N5O3/c1-3-19(7-11-4-5-23-9-11)13(21)8-20-10-16-14-12(15(20)22)6-17-18(14)2/h6,10-11H,3-5,7-9H2,1-2H3. The largest absolute Gasteiger partial charge is 0.381 e. The van der Waals surface area contributed by atoms with E-state index in [1.165, 1.54) is 17.1 Å². The number of fused-ring (bicyclic) bond motifs is 1. The van der Waals surface area contributed by atoms with Gasteiger partial charge in [-0.2, -0.15) is 5.10 Å². The lowest BCUT2D eigenvalue weighted by molar-refractivity contribution is -0.132. The first kappa shape index (κ1) is 15.7. The Kier molecular flexibility index (Phi) is 4.42. The minimum Gasteiger partial charge on any atom is -0.381 e. The van der Waals surface area contributed by atoms with Gasteiger partial charge in [-0.05, 0) is 13.3 Å². The number of amides is 1. The SMILES string of the molecule is CCN(CC1CCOC1)C(=O)Cn1cnc2c(cnn2C)c1=O. The van der Waals surface area contributed by atoms with E-state index in [1.54, 1.807) is 16.6 Å². The Bertz CT molecular complexity index is 760. The molecule has 8 heteroatoms. The number of hydrogen-bond acceptors (Lipinski definition) is 5. The number of aromatic nitrogens is 4. The van der Waals surface area contributed by atoms with Gasteiger partial charge in [0.2, 0.25) is 5.91 Å². The van der Waals surface area contributed by atoms with Gasteiger partial charge in [0.05, 0.1) is 12.8 Å². The molecule has 3 heterocycles. The van der Waals surface area contributed by atoms with Crippen LogP contribution in [-0.4, -0.2) is 56.4 Å². The molecule has 1 atom stereocenters. The van der Waals surface area contributed by atoms with E-state index in [0.717, 1.165) is 13.0 Å². The lowest BCUT2D eigenvalue weighted by Crippen LogP contribution is -2.39. The molecule has 1 saturated heterocycles. The molecule has 124 valence electrons. The van der Waals surface area contributed by atoms with Crippen LogP contribution >= 0.6 is 0 Å². The quantitative estimate of drug-likeness (QED) is 0.776. The third-order valence-electron chi connectivity index (χ3n) is 4.26. The van der Waals surface area contributed by atoms with Crippen molar-refractivity contribution in [1.82, 2.24) is 24.2 Å². The number of nitrogens with zero attached hydrogens (tertiary/aromatic N) is 5. The fourth-order valence-corrected chi connectivity index (χ4v) is 2.87. The minimum absolute atomic E-state index is 0.00190. The molecule has 2 aromatic heterocycles.